The molecule has 0 saturated heterocycles. The summed E-state index contributed by atoms with van der Waals surface area (Å²) in [5.41, 5.74) is 0. The van der Waals surface area contributed by atoms with Crippen LogP contribution in [0.2, 0.25) is 0 Å². The number of halogens is 1. The van der Waals surface area contributed by atoms with Crippen LogP contribution in [0.4, 0.5) is 0 Å². The number of carbonyl (C=O) groups excluding carboxylic acids is 1. The van der Waals surface area contributed by atoms with Crippen molar-refractivity contribution in [3.63, 3.8) is 0 Å². The van der Waals surface area contributed by atoms with E-state index in [4.69, 9.17) is 11.6 Å². The van der Waals surface area contributed by atoms with Crippen molar-refractivity contribution >= 4 is 17.5 Å². The molecule has 2 nitrogen and oxygen atoms in total. The van der Waals surface area contributed by atoms with Gasteiger partial charge in [0, 0.05) is 11.4 Å². The van der Waals surface area contributed by atoms with Crippen LogP contribution in [0.1, 0.15) is 19.3 Å². The Morgan fingerprint density at radius 3 is 2.62 bits per heavy atom. The highest BCUT2D eigenvalue weighted by molar-refractivity contribution is 6.21. The molecule has 2 aliphatic rings. The minimum absolute atomic E-state index is 0.0522. The van der Waals surface area contributed by atoms with Crippen LogP contribution in [0, 0.1) is 11.8 Å². The molecule has 0 spiro atoms. The van der Waals surface area contributed by atoms with E-state index in [2.05, 4.69) is 11.9 Å². The van der Waals surface area contributed by atoms with Gasteiger partial charge in [-0.15, -0.1) is 11.6 Å². The van der Waals surface area contributed by atoms with Gasteiger partial charge < -0.3 is 5.32 Å². The molecule has 0 heterocycles. The van der Waals surface area contributed by atoms with Crippen molar-refractivity contribution in [1.82, 2.24) is 5.32 Å². The largest absolute Gasteiger partial charge is 0.350 e. The molecule has 0 aromatic heterocycles. The quantitative estimate of drug-likeness (QED) is 0.532. The van der Waals surface area contributed by atoms with E-state index in [9.17, 15) is 4.79 Å². The van der Waals surface area contributed by atoms with Crippen molar-refractivity contribution < 1.29 is 4.79 Å². The standard InChI is InChI=1S/C10H14ClNO/c1-2-10(13)12-9-5-6-3-7(9)4-8(6)11/h2,6-9H,1,3-5H2,(H,12,13)/t6-,7?,8?,9?/m1/s1. The maximum absolute atomic E-state index is 11.1. The molecular weight excluding hydrogens is 186 g/mol. The molecule has 0 radical (unpaired) electrons. The predicted molar refractivity (Wildman–Crippen MR) is 52.6 cm³/mol. The molecule has 1 amide bonds. The van der Waals surface area contributed by atoms with Crippen molar-refractivity contribution in [3.05, 3.63) is 12.7 Å². The Hall–Kier alpha value is -0.500. The molecule has 0 aromatic rings. The monoisotopic (exact) mass is 199 g/mol. The Labute approximate surface area is 83.3 Å². The summed E-state index contributed by atoms with van der Waals surface area (Å²) in [6, 6.07) is 0.352. The van der Waals surface area contributed by atoms with E-state index in [1.165, 1.54) is 12.5 Å². The maximum atomic E-state index is 11.1. The van der Waals surface area contributed by atoms with Gasteiger partial charge in [-0.2, -0.15) is 0 Å². The smallest absolute Gasteiger partial charge is 0.243 e. The summed E-state index contributed by atoms with van der Waals surface area (Å²) in [4.78, 5) is 11.1. The van der Waals surface area contributed by atoms with Crippen LogP contribution in [0.3, 0.4) is 0 Å². The molecule has 2 bridgehead atoms. The van der Waals surface area contributed by atoms with Gasteiger partial charge in [0.2, 0.25) is 5.91 Å². The second kappa shape index (κ2) is 3.33. The summed E-state index contributed by atoms with van der Waals surface area (Å²) in [5, 5.41) is 3.31. The zero-order valence-electron chi connectivity index (χ0n) is 7.50. The molecule has 4 atom stereocenters. The number of hydrogen-bond acceptors (Lipinski definition) is 1. The van der Waals surface area contributed by atoms with Crippen LogP contribution >= 0.6 is 11.6 Å². The Morgan fingerprint density at radius 2 is 2.15 bits per heavy atom. The number of nitrogens with one attached hydrogen (secondary N) is 1. The normalized spacial score (nSPS) is 41.9. The molecule has 72 valence electrons. The molecule has 1 N–H and O–H groups in total. The van der Waals surface area contributed by atoms with Crippen LogP contribution in [0.25, 0.3) is 0 Å². The minimum atomic E-state index is -0.0522. The third kappa shape index (κ3) is 1.60. The first-order chi connectivity index (χ1) is 6.20. The molecule has 2 saturated carbocycles. The van der Waals surface area contributed by atoms with Gasteiger partial charge in [0.05, 0.1) is 0 Å². The van der Waals surface area contributed by atoms with E-state index in [1.54, 1.807) is 0 Å². The summed E-state index contributed by atoms with van der Waals surface area (Å²) in [6.07, 6.45) is 4.65. The van der Waals surface area contributed by atoms with E-state index in [1.807, 2.05) is 0 Å². The topological polar surface area (TPSA) is 29.1 Å². The lowest BCUT2D eigenvalue weighted by Crippen LogP contribution is -2.39. The average molecular weight is 200 g/mol. The Bertz CT molecular complexity index is 239. The Balaban J connectivity index is 1.92. The second-order valence-electron chi connectivity index (χ2n) is 4.06. The fourth-order valence-electron chi connectivity index (χ4n) is 2.62. The summed E-state index contributed by atoms with van der Waals surface area (Å²) < 4.78 is 0. The van der Waals surface area contributed by atoms with E-state index in [0.29, 0.717) is 23.3 Å². The molecule has 2 rings (SSSR count). The Morgan fingerprint density at radius 1 is 1.38 bits per heavy atom. The van der Waals surface area contributed by atoms with Crippen molar-refractivity contribution in [3.8, 4) is 0 Å². The van der Waals surface area contributed by atoms with Crippen molar-refractivity contribution in [2.24, 2.45) is 11.8 Å². The molecule has 0 aliphatic heterocycles. The first-order valence-electron chi connectivity index (χ1n) is 4.77. The first kappa shape index (κ1) is 9.07. The summed E-state index contributed by atoms with van der Waals surface area (Å²) in [5.74, 6) is 1.18. The van der Waals surface area contributed by atoms with Gasteiger partial charge in [-0.05, 0) is 37.2 Å². The van der Waals surface area contributed by atoms with E-state index in [0.717, 1.165) is 12.8 Å². The average Bonchev–Trinajstić information content (AvgIpc) is 2.63. The maximum Gasteiger partial charge on any atom is 0.243 e. The highest BCUT2D eigenvalue weighted by Gasteiger charge is 2.45. The lowest BCUT2D eigenvalue weighted by Gasteiger charge is -2.24. The van der Waals surface area contributed by atoms with Gasteiger partial charge in [-0.1, -0.05) is 6.58 Å². The summed E-state index contributed by atoms with van der Waals surface area (Å²) >= 11 is 6.11. The van der Waals surface area contributed by atoms with Crippen molar-refractivity contribution in [2.75, 3.05) is 0 Å². The molecule has 0 aromatic carbocycles. The van der Waals surface area contributed by atoms with Crippen LogP contribution in [0.15, 0.2) is 12.7 Å². The van der Waals surface area contributed by atoms with Gasteiger partial charge in [0.25, 0.3) is 0 Å². The van der Waals surface area contributed by atoms with Gasteiger partial charge in [-0.25, -0.2) is 0 Å². The van der Waals surface area contributed by atoms with Crippen LogP contribution in [-0.4, -0.2) is 17.3 Å². The molecule has 3 heteroatoms. The zero-order valence-corrected chi connectivity index (χ0v) is 8.26. The van der Waals surface area contributed by atoms with E-state index in [-0.39, 0.29) is 5.91 Å². The number of hydrogen-bond donors (Lipinski definition) is 1. The van der Waals surface area contributed by atoms with Gasteiger partial charge in [0.1, 0.15) is 0 Å². The number of carbonyl (C=O) groups is 1. The third-order valence-electron chi connectivity index (χ3n) is 3.28. The third-order valence-corrected chi connectivity index (χ3v) is 3.82. The van der Waals surface area contributed by atoms with Crippen molar-refractivity contribution in [2.45, 2.75) is 30.7 Å². The van der Waals surface area contributed by atoms with Gasteiger partial charge in [0.15, 0.2) is 0 Å². The molecule has 13 heavy (non-hydrogen) atoms. The van der Waals surface area contributed by atoms with Crippen molar-refractivity contribution in [1.29, 1.82) is 0 Å². The van der Waals surface area contributed by atoms with Crippen LogP contribution in [-0.2, 0) is 4.79 Å². The second-order valence-corrected chi connectivity index (χ2v) is 4.62. The lowest BCUT2D eigenvalue weighted by atomic mass is 9.95. The van der Waals surface area contributed by atoms with Crippen LogP contribution in [0.5, 0.6) is 0 Å². The number of rotatable bonds is 2. The fourth-order valence-corrected chi connectivity index (χ4v) is 3.06. The highest BCUT2D eigenvalue weighted by Crippen LogP contribution is 2.47. The van der Waals surface area contributed by atoms with E-state index >= 15 is 0 Å². The molecule has 2 fully saturated rings. The lowest BCUT2D eigenvalue weighted by molar-refractivity contribution is -0.117. The van der Waals surface area contributed by atoms with Gasteiger partial charge in [-0.3, -0.25) is 4.79 Å². The SMILES string of the molecule is C=CC(=O)NC1C[C@H]2CC1CC2Cl. The van der Waals surface area contributed by atoms with E-state index < -0.39 is 0 Å². The fraction of sp³-hybridized carbons (Fsp3) is 0.700. The minimum Gasteiger partial charge on any atom is -0.350 e. The Kier molecular flexibility index (Phi) is 2.33. The highest BCUT2D eigenvalue weighted by atomic mass is 35.5. The van der Waals surface area contributed by atoms with Crippen LogP contribution < -0.4 is 5.32 Å². The van der Waals surface area contributed by atoms with Gasteiger partial charge >= 0.3 is 0 Å². The first-order valence-corrected chi connectivity index (χ1v) is 5.21. The molecule has 2 aliphatic carbocycles. The predicted octanol–water partition coefficient (Wildman–Crippen LogP) is 1.69. The number of fused-ring (bicyclic) bond motifs is 2. The molecular formula is C10H14ClNO. The summed E-state index contributed by atoms with van der Waals surface area (Å²) in [7, 11) is 0. The summed E-state index contributed by atoms with van der Waals surface area (Å²) in [6.45, 7) is 3.44. The zero-order chi connectivity index (χ0) is 9.42. The number of amides is 1. The number of alkyl halides is 1. The molecule has 3 unspecified atom stereocenters.